The van der Waals surface area contributed by atoms with Crippen molar-refractivity contribution in [3.05, 3.63) is 29.8 Å². The predicted octanol–water partition coefficient (Wildman–Crippen LogP) is 2.24. The van der Waals surface area contributed by atoms with Gasteiger partial charge in [0.1, 0.15) is 0 Å². The first kappa shape index (κ1) is 13.8. The average molecular weight is 255 g/mol. The number of likely N-dealkylation sites (N-methyl/N-ethyl adjacent to an activating group) is 1. The first-order valence-corrected chi connectivity index (χ1v) is 5.84. The maximum atomic E-state index is 12.0. The number of carbonyl (C=O) groups is 1. The molecule has 0 spiro atoms. The van der Waals surface area contributed by atoms with E-state index in [1.165, 1.54) is 12.8 Å². The van der Waals surface area contributed by atoms with E-state index in [2.05, 4.69) is 0 Å². The molecule has 1 aromatic carbocycles. The average Bonchev–Trinajstić information content (AvgIpc) is 3.07. The van der Waals surface area contributed by atoms with Gasteiger partial charge in [0.25, 0.3) is 0 Å². The zero-order valence-corrected chi connectivity index (χ0v) is 10.9. The predicted molar refractivity (Wildman–Crippen MR) is 72.2 cm³/mol. The number of benzene rings is 1. The van der Waals surface area contributed by atoms with E-state index in [0.29, 0.717) is 12.5 Å². The second kappa shape index (κ2) is 5.92. The molecule has 0 saturated heterocycles. The molecule has 0 unspecified atom stereocenters. The fourth-order valence-electron chi connectivity index (χ4n) is 1.94. The number of hydrogen-bond donors (Lipinski definition) is 1. The summed E-state index contributed by atoms with van der Waals surface area (Å²) in [7, 11) is 0. The Balaban J connectivity index is 0.00000144. The quantitative estimate of drug-likeness (QED) is 0.838. The van der Waals surface area contributed by atoms with E-state index in [4.69, 9.17) is 5.73 Å². The molecule has 1 aromatic rings. The highest BCUT2D eigenvalue weighted by atomic mass is 35.5. The zero-order chi connectivity index (χ0) is 11.5. The smallest absolute Gasteiger partial charge is 0.227 e. The molecule has 94 valence electrons. The molecule has 0 aliphatic heterocycles. The van der Waals surface area contributed by atoms with Gasteiger partial charge in [-0.05, 0) is 37.5 Å². The topological polar surface area (TPSA) is 46.3 Å². The first-order valence-electron chi connectivity index (χ1n) is 5.84. The summed E-state index contributed by atoms with van der Waals surface area (Å²) in [5.41, 5.74) is 7.39. The zero-order valence-electron chi connectivity index (χ0n) is 10.1. The number of carbonyl (C=O) groups excluding carboxylic acids is 1. The van der Waals surface area contributed by atoms with Crippen LogP contribution in [-0.2, 0) is 11.2 Å². The molecule has 1 amide bonds. The molecule has 1 fully saturated rings. The Morgan fingerprint density at radius 3 is 2.41 bits per heavy atom. The Hall–Kier alpha value is -1.22. The van der Waals surface area contributed by atoms with E-state index in [1.807, 2.05) is 36.1 Å². The Labute approximate surface area is 108 Å². The number of amides is 1. The van der Waals surface area contributed by atoms with Crippen molar-refractivity contribution < 1.29 is 4.79 Å². The van der Waals surface area contributed by atoms with Crippen molar-refractivity contribution in [1.82, 2.24) is 4.90 Å². The molecule has 0 bridgehead atoms. The molecule has 0 radical (unpaired) electrons. The summed E-state index contributed by atoms with van der Waals surface area (Å²) in [4.78, 5) is 14.0. The van der Waals surface area contributed by atoms with Gasteiger partial charge in [-0.3, -0.25) is 4.79 Å². The van der Waals surface area contributed by atoms with Gasteiger partial charge in [-0.1, -0.05) is 12.1 Å². The third kappa shape index (κ3) is 3.63. The first-order chi connectivity index (χ1) is 7.70. The maximum Gasteiger partial charge on any atom is 0.227 e. The monoisotopic (exact) mass is 254 g/mol. The van der Waals surface area contributed by atoms with Crippen LogP contribution in [0.1, 0.15) is 25.3 Å². The van der Waals surface area contributed by atoms with E-state index < -0.39 is 0 Å². The van der Waals surface area contributed by atoms with Crippen molar-refractivity contribution in [2.24, 2.45) is 0 Å². The summed E-state index contributed by atoms with van der Waals surface area (Å²) >= 11 is 0. The van der Waals surface area contributed by atoms with Crippen LogP contribution in [0.5, 0.6) is 0 Å². The van der Waals surface area contributed by atoms with Crippen molar-refractivity contribution in [2.45, 2.75) is 32.2 Å². The highest BCUT2D eigenvalue weighted by Gasteiger charge is 2.30. The van der Waals surface area contributed by atoms with E-state index in [-0.39, 0.29) is 18.3 Å². The van der Waals surface area contributed by atoms with Crippen LogP contribution in [-0.4, -0.2) is 23.4 Å². The van der Waals surface area contributed by atoms with Crippen molar-refractivity contribution in [2.75, 3.05) is 12.3 Å². The van der Waals surface area contributed by atoms with Gasteiger partial charge in [0.05, 0.1) is 6.42 Å². The summed E-state index contributed by atoms with van der Waals surface area (Å²) in [5, 5.41) is 0. The van der Waals surface area contributed by atoms with Crippen LogP contribution >= 0.6 is 12.4 Å². The normalized spacial score (nSPS) is 13.9. The highest BCUT2D eigenvalue weighted by Crippen LogP contribution is 2.27. The van der Waals surface area contributed by atoms with Crippen LogP contribution in [0.3, 0.4) is 0 Å². The minimum Gasteiger partial charge on any atom is -0.399 e. The van der Waals surface area contributed by atoms with Crippen LogP contribution in [0.25, 0.3) is 0 Å². The van der Waals surface area contributed by atoms with Crippen LogP contribution in [0.4, 0.5) is 5.69 Å². The summed E-state index contributed by atoms with van der Waals surface area (Å²) in [6, 6.07) is 8.04. The van der Waals surface area contributed by atoms with Crippen molar-refractivity contribution >= 4 is 24.0 Å². The van der Waals surface area contributed by atoms with E-state index in [9.17, 15) is 4.79 Å². The molecule has 1 aliphatic rings. The summed E-state index contributed by atoms with van der Waals surface area (Å²) in [6.07, 6.45) is 2.83. The third-order valence-electron chi connectivity index (χ3n) is 2.98. The van der Waals surface area contributed by atoms with Gasteiger partial charge in [0.2, 0.25) is 5.91 Å². The fraction of sp³-hybridized carbons (Fsp3) is 0.462. The summed E-state index contributed by atoms with van der Waals surface area (Å²) in [6.45, 7) is 2.86. The SMILES string of the molecule is CCN(C(=O)Cc1ccc(N)cc1)C1CC1.Cl. The van der Waals surface area contributed by atoms with E-state index in [1.54, 1.807) is 0 Å². The number of rotatable bonds is 4. The Morgan fingerprint density at radius 1 is 1.35 bits per heavy atom. The lowest BCUT2D eigenvalue weighted by Crippen LogP contribution is -2.33. The minimum absolute atomic E-state index is 0. The molecule has 0 aromatic heterocycles. The lowest BCUT2D eigenvalue weighted by atomic mass is 10.1. The molecule has 3 nitrogen and oxygen atoms in total. The van der Waals surface area contributed by atoms with Gasteiger partial charge in [-0.2, -0.15) is 0 Å². The standard InChI is InChI=1S/C13H18N2O.ClH/c1-2-15(12-7-8-12)13(16)9-10-3-5-11(14)6-4-10;/h3-6,12H,2,7-9,14H2,1H3;1H. The summed E-state index contributed by atoms with van der Waals surface area (Å²) < 4.78 is 0. The molecule has 0 heterocycles. The van der Waals surface area contributed by atoms with Crippen molar-refractivity contribution in [3.63, 3.8) is 0 Å². The van der Waals surface area contributed by atoms with Crippen molar-refractivity contribution in [3.8, 4) is 0 Å². The van der Waals surface area contributed by atoms with Gasteiger partial charge in [-0.15, -0.1) is 12.4 Å². The van der Waals surface area contributed by atoms with E-state index in [0.717, 1.165) is 17.8 Å². The van der Waals surface area contributed by atoms with Crippen molar-refractivity contribution in [1.29, 1.82) is 0 Å². The summed E-state index contributed by atoms with van der Waals surface area (Å²) in [5.74, 6) is 0.231. The number of nitrogens with two attached hydrogens (primary N) is 1. The molecule has 1 saturated carbocycles. The molecular formula is C13H19ClN2O. The maximum absolute atomic E-state index is 12.0. The van der Waals surface area contributed by atoms with Crippen LogP contribution < -0.4 is 5.73 Å². The van der Waals surface area contributed by atoms with Gasteiger partial charge in [0, 0.05) is 18.3 Å². The van der Waals surface area contributed by atoms with Crippen LogP contribution in [0, 0.1) is 0 Å². The van der Waals surface area contributed by atoms with Gasteiger partial charge in [0.15, 0.2) is 0 Å². The van der Waals surface area contributed by atoms with E-state index >= 15 is 0 Å². The molecule has 4 heteroatoms. The second-order valence-corrected chi connectivity index (χ2v) is 4.33. The third-order valence-corrected chi connectivity index (χ3v) is 2.98. The Bertz CT molecular complexity index is 374. The molecular weight excluding hydrogens is 236 g/mol. The van der Waals surface area contributed by atoms with Gasteiger partial charge >= 0.3 is 0 Å². The number of halogens is 1. The van der Waals surface area contributed by atoms with Gasteiger partial charge in [-0.25, -0.2) is 0 Å². The van der Waals surface area contributed by atoms with Crippen LogP contribution in [0.2, 0.25) is 0 Å². The number of hydrogen-bond acceptors (Lipinski definition) is 2. The molecule has 0 atom stereocenters. The molecule has 2 rings (SSSR count). The van der Waals surface area contributed by atoms with Gasteiger partial charge < -0.3 is 10.6 Å². The molecule has 1 aliphatic carbocycles. The van der Waals surface area contributed by atoms with Crippen LogP contribution in [0.15, 0.2) is 24.3 Å². The molecule has 17 heavy (non-hydrogen) atoms. The number of nitrogens with zero attached hydrogens (tertiary/aromatic N) is 1. The highest BCUT2D eigenvalue weighted by molar-refractivity contribution is 5.85. The Morgan fingerprint density at radius 2 is 1.94 bits per heavy atom. The lowest BCUT2D eigenvalue weighted by molar-refractivity contribution is -0.130. The fourth-order valence-corrected chi connectivity index (χ4v) is 1.94. The lowest BCUT2D eigenvalue weighted by Gasteiger charge is -2.20. The number of anilines is 1. The second-order valence-electron chi connectivity index (χ2n) is 4.33. The minimum atomic E-state index is 0. The molecule has 2 N–H and O–H groups in total. The Kier molecular flexibility index (Phi) is 4.82. The largest absolute Gasteiger partial charge is 0.399 e. The number of nitrogen functional groups attached to an aromatic ring is 1.